The van der Waals surface area contributed by atoms with Gasteiger partial charge in [-0.2, -0.15) is 0 Å². The summed E-state index contributed by atoms with van der Waals surface area (Å²) < 4.78 is 47.5. The lowest BCUT2D eigenvalue weighted by molar-refractivity contribution is 0.0512. The highest BCUT2D eigenvalue weighted by Gasteiger charge is 2.26. The molecule has 0 atom stereocenters. The Morgan fingerprint density at radius 1 is 1.15 bits per heavy atom. The third-order valence-corrected chi connectivity index (χ3v) is 6.19. The number of aromatic nitrogens is 3. The highest BCUT2D eigenvalue weighted by atomic mass is 32.2. The van der Waals surface area contributed by atoms with Crippen molar-refractivity contribution in [1.82, 2.24) is 15.0 Å². The van der Waals surface area contributed by atoms with Gasteiger partial charge in [0.2, 0.25) is 5.88 Å². The molecular formula is C24H22F2N4O3S. The summed E-state index contributed by atoms with van der Waals surface area (Å²) in [6.07, 6.45) is 2.24. The molecule has 1 N–H and O–H groups in total. The van der Waals surface area contributed by atoms with Crippen LogP contribution in [-0.2, 0) is 11.2 Å². The molecule has 176 valence electrons. The Hall–Kier alpha value is -3.24. The van der Waals surface area contributed by atoms with Crippen molar-refractivity contribution in [3.05, 3.63) is 41.5 Å². The first-order valence-corrected chi connectivity index (χ1v) is 12.0. The van der Waals surface area contributed by atoms with Crippen LogP contribution >= 0.6 is 11.8 Å². The number of fused-ring (bicyclic) bond motifs is 1. The molecule has 0 radical (unpaired) electrons. The van der Waals surface area contributed by atoms with Crippen molar-refractivity contribution in [1.29, 1.82) is 0 Å². The van der Waals surface area contributed by atoms with Crippen LogP contribution in [0.1, 0.15) is 12.5 Å². The molecule has 0 spiro atoms. The van der Waals surface area contributed by atoms with Gasteiger partial charge in [0.1, 0.15) is 40.6 Å². The molecule has 0 fully saturated rings. The fourth-order valence-electron chi connectivity index (χ4n) is 4.17. The number of hydrogen-bond acceptors (Lipinski definition) is 8. The van der Waals surface area contributed by atoms with Gasteiger partial charge in [0, 0.05) is 12.7 Å². The van der Waals surface area contributed by atoms with E-state index in [0.717, 1.165) is 0 Å². The number of methoxy groups -OCH3 is 1. The van der Waals surface area contributed by atoms with E-state index in [1.54, 1.807) is 18.2 Å². The molecule has 0 unspecified atom stereocenters. The number of thioether (sulfide) groups is 1. The molecule has 1 aliphatic rings. The Morgan fingerprint density at radius 2 is 2.00 bits per heavy atom. The third kappa shape index (κ3) is 3.76. The zero-order chi connectivity index (χ0) is 23.8. The van der Waals surface area contributed by atoms with Crippen LogP contribution in [0.3, 0.4) is 0 Å². The maximum absolute atomic E-state index is 16.2. The highest BCUT2D eigenvalue weighted by Crippen LogP contribution is 2.41. The van der Waals surface area contributed by atoms with Crippen LogP contribution in [0.5, 0.6) is 11.6 Å². The smallest absolute Gasteiger partial charge is 0.227 e. The van der Waals surface area contributed by atoms with E-state index < -0.39 is 5.82 Å². The number of pyridine rings is 1. The van der Waals surface area contributed by atoms with E-state index in [2.05, 4.69) is 20.3 Å². The predicted molar refractivity (Wildman–Crippen MR) is 128 cm³/mol. The first-order valence-electron chi connectivity index (χ1n) is 10.7. The molecule has 10 heteroatoms. The van der Waals surface area contributed by atoms with Crippen molar-refractivity contribution in [3.63, 3.8) is 0 Å². The van der Waals surface area contributed by atoms with Crippen molar-refractivity contribution in [2.24, 2.45) is 0 Å². The van der Waals surface area contributed by atoms with Crippen LogP contribution in [0.25, 0.3) is 32.9 Å². The topological polar surface area (TPSA) is 78.4 Å². The number of benzene rings is 2. The van der Waals surface area contributed by atoms with Gasteiger partial charge in [0.05, 0.1) is 6.54 Å². The van der Waals surface area contributed by atoms with Gasteiger partial charge < -0.3 is 19.5 Å². The molecule has 0 aliphatic carbocycles. The molecule has 0 bridgehead atoms. The van der Waals surface area contributed by atoms with E-state index in [0.29, 0.717) is 63.6 Å². The molecule has 2 aromatic carbocycles. The van der Waals surface area contributed by atoms with E-state index in [9.17, 15) is 4.39 Å². The molecule has 34 heavy (non-hydrogen) atoms. The van der Waals surface area contributed by atoms with Gasteiger partial charge in [-0.05, 0) is 47.2 Å². The minimum absolute atomic E-state index is 0.00804. The number of nitrogens with zero attached hydrogens (tertiary/aromatic N) is 3. The van der Waals surface area contributed by atoms with Crippen LogP contribution < -0.4 is 14.8 Å². The summed E-state index contributed by atoms with van der Waals surface area (Å²) in [6, 6.07) is 6.48. The third-order valence-electron chi connectivity index (χ3n) is 5.64. The molecule has 2 aromatic heterocycles. The maximum atomic E-state index is 16.2. The first-order chi connectivity index (χ1) is 16.5. The molecule has 5 rings (SSSR count). The monoisotopic (exact) mass is 484 g/mol. The summed E-state index contributed by atoms with van der Waals surface area (Å²) in [5, 5.41) is 5.23. The molecule has 3 heterocycles. The molecule has 1 aliphatic heterocycles. The van der Waals surface area contributed by atoms with Gasteiger partial charge in [-0.25, -0.2) is 23.7 Å². The van der Waals surface area contributed by atoms with Gasteiger partial charge in [-0.3, -0.25) is 0 Å². The zero-order valence-electron chi connectivity index (χ0n) is 18.9. The minimum atomic E-state index is -0.637. The molecule has 0 saturated heterocycles. The molecule has 7 nitrogen and oxygen atoms in total. The van der Waals surface area contributed by atoms with Gasteiger partial charge in [-0.1, -0.05) is 24.8 Å². The fraction of sp³-hybridized carbons (Fsp3) is 0.292. The van der Waals surface area contributed by atoms with Gasteiger partial charge in [-0.15, -0.1) is 0 Å². The number of halogens is 2. The Balaban J connectivity index is 1.88. The summed E-state index contributed by atoms with van der Waals surface area (Å²) in [5.74, 6) is 0.144. The molecule has 4 aromatic rings. The van der Waals surface area contributed by atoms with Crippen LogP contribution in [0.2, 0.25) is 0 Å². The minimum Gasteiger partial charge on any atom is -0.475 e. The zero-order valence-corrected chi connectivity index (χ0v) is 19.7. The predicted octanol–water partition coefficient (Wildman–Crippen LogP) is 5.19. The number of nitrogens with one attached hydrogen (secondary N) is 1. The first kappa shape index (κ1) is 22.5. The van der Waals surface area contributed by atoms with E-state index >= 15 is 4.39 Å². The largest absolute Gasteiger partial charge is 0.475 e. The van der Waals surface area contributed by atoms with Gasteiger partial charge in [0.15, 0.2) is 17.8 Å². The Kier molecular flexibility index (Phi) is 6.09. The van der Waals surface area contributed by atoms with E-state index in [4.69, 9.17) is 14.2 Å². The Bertz CT molecular complexity index is 1420. The lowest BCUT2D eigenvalue weighted by Gasteiger charge is -2.17. The summed E-state index contributed by atoms with van der Waals surface area (Å²) in [4.78, 5) is 13.4. The standard InChI is InChI=1S/C24H22F2N4O3S/c1-4-14-16(25)6-5-12-9-13(33-11-31-2)10-15(17(12)14)20-19(26)21-18-22(30-24(29-21)34-3)27-7-8-32-23(18)28-20/h5-6,9-10H,4,7-8,11H2,1-3H3,(H,27,29,30). The molecular weight excluding hydrogens is 462 g/mol. The van der Waals surface area contributed by atoms with Crippen molar-refractivity contribution >= 4 is 39.3 Å². The van der Waals surface area contributed by atoms with Crippen molar-refractivity contribution in [2.45, 2.75) is 18.5 Å². The van der Waals surface area contributed by atoms with Crippen LogP contribution in [0.15, 0.2) is 29.4 Å². The summed E-state index contributed by atoms with van der Waals surface area (Å²) in [6.45, 7) is 2.68. The summed E-state index contributed by atoms with van der Waals surface area (Å²) >= 11 is 1.31. The average molecular weight is 485 g/mol. The Labute approximate surface area is 198 Å². The van der Waals surface area contributed by atoms with Gasteiger partial charge >= 0.3 is 0 Å². The normalized spacial score (nSPS) is 13.0. The maximum Gasteiger partial charge on any atom is 0.227 e. The summed E-state index contributed by atoms with van der Waals surface area (Å²) in [7, 11) is 1.51. The summed E-state index contributed by atoms with van der Waals surface area (Å²) in [5.41, 5.74) is 0.958. The van der Waals surface area contributed by atoms with Crippen LogP contribution in [0.4, 0.5) is 14.6 Å². The van der Waals surface area contributed by atoms with Crippen molar-refractivity contribution in [2.75, 3.05) is 38.6 Å². The van der Waals surface area contributed by atoms with E-state index in [1.807, 2.05) is 13.2 Å². The second kappa shape index (κ2) is 9.19. The quantitative estimate of drug-likeness (QED) is 0.228. The molecule has 0 amide bonds. The molecule has 0 saturated carbocycles. The number of aryl methyl sites for hydroxylation is 1. The lowest BCUT2D eigenvalue weighted by Crippen LogP contribution is -2.09. The highest BCUT2D eigenvalue weighted by molar-refractivity contribution is 7.98. The number of anilines is 1. The second-order valence-corrected chi connectivity index (χ2v) is 8.41. The van der Waals surface area contributed by atoms with Crippen molar-refractivity contribution in [3.8, 4) is 22.9 Å². The number of rotatable bonds is 6. The van der Waals surface area contributed by atoms with Crippen LogP contribution in [0, 0.1) is 11.6 Å². The van der Waals surface area contributed by atoms with E-state index in [-0.39, 0.29) is 29.7 Å². The van der Waals surface area contributed by atoms with Crippen LogP contribution in [-0.4, -0.2) is 48.3 Å². The number of ether oxygens (including phenoxy) is 3. The van der Waals surface area contributed by atoms with Crippen molar-refractivity contribution < 1.29 is 23.0 Å². The fourth-order valence-corrected chi connectivity index (χ4v) is 4.54. The van der Waals surface area contributed by atoms with Gasteiger partial charge in [0.25, 0.3) is 0 Å². The average Bonchev–Trinajstić information content (AvgIpc) is 3.06. The second-order valence-electron chi connectivity index (χ2n) is 7.64. The lowest BCUT2D eigenvalue weighted by atomic mass is 9.94. The SMILES string of the molecule is CCc1c(F)ccc2cc(OCOC)cc(-c3nc4c5c(nc(SC)nc5c3F)NCCO4)c12. The number of hydrogen-bond donors (Lipinski definition) is 1. The Morgan fingerprint density at radius 3 is 2.76 bits per heavy atom. The van der Waals surface area contributed by atoms with E-state index in [1.165, 1.54) is 24.9 Å².